The van der Waals surface area contributed by atoms with Crippen molar-refractivity contribution in [3.8, 4) is 0 Å². The third-order valence-electron chi connectivity index (χ3n) is 3.06. The highest BCUT2D eigenvalue weighted by Crippen LogP contribution is 2.28. The molecule has 3 N–H and O–H groups in total. The highest BCUT2D eigenvalue weighted by Gasteiger charge is 2.14. The van der Waals surface area contributed by atoms with E-state index in [1.807, 2.05) is 0 Å². The first-order valence-electron chi connectivity index (χ1n) is 5.86. The second-order valence-corrected chi connectivity index (χ2v) is 6.38. The summed E-state index contributed by atoms with van der Waals surface area (Å²) in [7, 11) is 0. The predicted octanol–water partition coefficient (Wildman–Crippen LogP) is 3.87. The zero-order valence-electron chi connectivity index (χ0n) is 10.5. The van der Waals surface area contributed by atoms with E-state index in [-0.39, 0.29) is 6.04 Å². The van der Waals surface area contributed by atoms with E-state index < -0.39 is 0 Å². The van der Waals surface area contributed by atoms with Crippen molar-refractivity contribution in [2.24, 2.45) is 5.84 Å². The van der Waals surface area contributed by atoms with Crippen LogP contribution in [0.25, 0.3) is 0 Å². The molecule has 0 spiro atoms. The molecule has 2 nitrogen and oxygen atoms in total. The number of benzene rings is 1. The first kappa shape index (κ1) is 13.7. The van der Waals surface area contributed by atoms with Gasteiger partial charge in [0.25, 0.3) is 0 Å². The van der Waals surface area contributed by atoms with Crippen LogP contribution in [-0.4, -0.2) is 0 Å². The maximum absolute atomic E-state index is 5.69. The lowest BCUT2D eigenvalue weighted by molar-refractivity contribution is 0.559. The highest BCUT2D eigenvalue weighted by atomic mass is 79.9. The summed E-state index contributed by atoms with van der Waals surface area (Å²) >= 11 is 5.21. The van der Waals surface area contributed by atoms with Crippen molar-refractivity contribution in [1.82, 2.24) is 5.43 Å². The van der Waals surface area contributed by atoms with Gasteiger partial charge in [0.15, 0.2) is 0 Å². The topological polar surface area (TPSA) is 38.0 Å². The van der Waals surface area contributed by atoms with Crippen LogP contribution in [0.15, 0.2) is 34.1 Å². The van der Waals surface area contributed by atoms with Crippen molar-refractivity contribution in [2.75, 3.05) is 0 Å². The summed E-state index contributed by atoms with van der Waals surface area (Å²) in [5.74, 6) is 5.69. The molecule has 0 aliphatic heterocycles. The monoisotopic (exact) mass is 324 g/mol. The van der Waals surface area contributed by atoms with Crippen LogP contribution in [-0.2, 0) is 6.42 Å². The number of nitrogens with one attached hydrogen (secondary N) is 1. The number of aryl methyl sites for hydroxylation is 2. The van der Waals surface area contributed by atoms with Gasteiger partial charge in [0.2, 0.25) is 0 Å². The number of rotatable bonds is 4. The molecule has 0 aliphatic rings. The highest BCUT2D eigenvalue weighted by molar-refractivity contribution is 9.10. The van der Waals surface area contributed by atoms with Crippen LogP contribution < -0.4 is 11.3 Å². The number of hydrazine groups is 1. The average molecular weight is 325 g/mol. The lowest BCUT2D eigenvalue weighted by atomic mass is 9.98. The molecule has 96 valence electrons. The van der Waals surface area contributed by atoms with Gasteiger partial charge < -0.3 is 0 Å². The molecule has 0 aliphatic carbocycles. The summed E-state index contributed by atoms with van der Waals surface area (Å²) in [5.41, 5.74) is 6.87. The number of hydrogen-bond donors (Lipinski definition) is 2. The molecule has 18 heavy (non-hydrogen) atoms. The van der Waals surface area contributed by atoms with E-state index in [9.17, 15) is 0 Å². The molecule has 0 fully saturated rings. The fourth-order valence-corrected chi connectivity index (χ4v) is 3.50. The molecule has 2 aromatic rings. The Balaban J connectivity index is 2.22. The minimum Gasteiger partial charge on any atom is -0.271 e. The maximum Gasteiger partial charge on any atom is 0.0594 e. The summed E-state index contributed by atoms with van der Waals surface area (Å²) in [6.07, 6.45) is 0.914. The summed E-state index contributed by atoms with van der Waals surface area (Å²) in [6, 6.07) is 8.85. The van der Waals surface area contributed by atoms with Crippen LogP contribution in [0.2, 0.25) is 0 Å². The zero-order valence-corrected chi connectivity index (χ0v) is 12.9. The maximum atomic E-state index is 5.69. The largest absolute Gasteiger partial charge is 0.271 e. The standard InChI is InChI=1S/C14H17BrN2S/c1-9-3-4-10(2)11(5-9)6-13(17-16)14-7-12(15)8-18-14/h3-5,7-8,13,17H,6,16H2,1-2H3. The predicted molar refractivity (Wildman–Crippen MR) is 81.7 cm³/mol. The van der Waals surface area contributed by atoms with Crippen molar-refractivity contribution in [2.45, 2.75) is 26.3 Å². The van der Waals surface area contributed by atoms with Gasteiger partial charge in [-0.25, -0.2) is 0 Å². The molecule has 0 amide bonds. The minimum atomic E-state index is 0.168. The molecule has 1 atom stereocenters. The van der Waals surface area contributed by atoms with Gasteiger partial charge in [0, 0.05) is 14.7 Å². The molecule has 0 bridgehead atoms. The summed E-state index contributed by atoms with van der Waals surface area (Å²) in [4.78, 5) is 1.25. The molecule has 1 unspecified atom stereocenters. The van der Waals surface area contributed by atoms with Gasteiger partial charge in [-0.2, -0.15) is 0 Å². The summed E-state index contributed by atoms with van der Waals surface area (Å²) in [5, 5.41) is 2.09. The molecule has 0 radical (unpaired) electrons. The van der Waals surface area contributed by atoms with E-state index in [0.717, 1.165) is 10.9 Å². The Morgan fingerprint density at radius 3 is 2.72 bits per heavy atom. The quantitative estimate of drug-likeness (QED) is 0.661. The van der Waals surface area contributed by atoms with E-state index in [1.54, 1.807) is 11.3 Å². The number of halogens is 1. The second-order valence-electron chi connectivity index (χ2n) is 4.52. The molecule has 1 aromatic heterocycles. The Labute approximate surface area is 120 Å². The van der Waals surface area contributed by atoms with Gasteiger partial charge in [-0.1, -0.05) is 23.8 Å². The van der Waals surface area contributed by atoms with Crippen molar-refractivity contribution >= 4 is 27.3 Å². The molecule has 0 saturated carbocycles. The van der Waals surface area contributed by atoms with Gasteiger partial charge in [-0.15, -0.1) is 11.3 Å². The van der Waals surface area contributed by atoms with Crippen molar-refractivity contribution in [3.63, 3.8) is 0 Å². The third-order valence-corrected chi connectivity index (χ3v) is 4.87. The Hall–Kier alpha value is -0.680. The van der Waals surface area contributed by atoms with Crippen molar-refractivity contribution in [3.05, 3.63) is 55.7 Å². The van der Waals surface area contributed by atoms with Crippen molar-refractivity contribution < 1.29 is 0 Å². The Morgan fingerprint density at radius 2 is 2.11 bits per heavy atom. The molecule has 4 heteroatoms. The van der Waals surface area contributed by atoms with Crippen LogP contribution in [0.4, 0.5) is 0 Å². The molecule has 0 saturated heterocycles. The smallest absolute Gasteiger partial charge is 0.0594 e. The van der Waals surface area contributed by atoms with Crippen LogP contribution in [0.3, 0.4) is 0 Å². The number of thiophene rings is 1. The zero-order chi connectivity index (χ0) is 13.1. The fraction of sp³-hybridized carbons (Fsp3) is 0.286. The Morgan fingerprint density at radius 1 is 1.33 bits per heavy atom. The van der Waals surface area contributed by atoms with Crippen LogP contribution >= 0.6 is 27.3 Å². The minimum absolute atomic E-state index is 0.168. The lowest BCUT2D eigenvalue weighted by Crippen LogP contribution is -2.29. The molecular formula is C14H17BrN2S. The molecule has 1 heterocycles. The summed E-state index contributed by atoms with van der Waals surface area (Å²) in [6.45, 7) is 4.27. The third kappa shape index (κ3) is 3.20. The Kier molecular flexibility index (Phi) is 4.56. The average Bonchev–Trinajstić information content (AvgIpc) is 2.77. The first-order valence-corrected chi connectivity index (χ1v) is 7.53. The molecular weight excluding hydrogens is 308 g/mol. The van der Waals surface area contributed by atoms with Crippen LogP contribution in [0, 0.1) is 13.8 Å². The SMILES string of the molecule is Cc1ccc(C)c(CC(NN)c2cc(Br)cs2)c1. The molecule has 1 aromatic carbocycles. The number of hydrogen-bond acceptors (Lipinski definition) is 3. The summed E-state index contributed by atoms with van der Waals surface area (Å²) < 4.78 is 1.11. The number of nitrogens with two attached hydrogens (primary N) is 1. The van der Waals surface area contributed by atoms with Gasteiger partial charge in [-0.3, -0.25) is 11.3 Å². The Bertz CT molecular complexity index is 536. The van der Waals surface area contributed by atoms with Gasteiger partial charge in [-0.05, 0) is 53.4 Å². The van der Waals surface area contributed by atoms with E-state index in [1.165, 1.54) is 21.6 Å². The first-order chi connectivity index (χ1) is 8.60. The molecule has 2 rings (SSSR count). The van der Waals surface area contributed by atoms with Gasteiger partial charge >= 0.3 is 0 Å². The van der Waals surface area contributed by atoms with Gasteiger partial charge in [0.05, 0.1) is 6.04 Å². The van der Waals surface area contributed by atoms with Crippen molar-refractivity contribution in [1.29, 1.82) is 0 Å². The lowest BCUT2D eigenvalue weighted by Gasteiger charge is -2.16. The van der Waals surface area contributed by atoms with E-state index >= 15 is 0 Å². The fourth-order valence-electron chi connectivity index (χ4n) is 1.99. The van der Waals surface area contributed by atoms with E-state index in [2.05, 4.69) is 64.8 Å². The van der Waals surface area contributed by atoms with Gasteiger partial charge in [0.1, 0.15) is 0 Å². The van der Waals surface area contributed by atoms with Crippen LogP contribution in [0.5, 0.6) is 0 Å². The van der Waals surface area contributed by atoms with Crippen LogP contribution in [0.1, 0.15) is 27.6 Å². The van der Waals surface area contributed by atoms with E-state index in [0.29, 0.717) is 0 Å². The van der Waals surface area contributed by atoms with E-state index in [4.69, 9.17) is 5.84 Å². The normalized spacial score (nSPS) is 12.7. The second kappa shape index (κ2) is 5.97.